The zero-order valence-electron chi connectivity index (χ0n) is 15.1. The van der Waals surface area contributed by atoms with Gasteiger partial charge in [-0.2, -0.15) is 0 Å². The minimum atomic E-state index is -3.60. The van der Waals surface area contributed by atoms with E-state index >= 15 is 0 Å². The summed E-state index contributed by atoms with van der Waals surface area (Å²) >= 11 is 0. The van der Waals surface area contributed by atoms with Gasteiger partial charge in [0, 0.05) is 38.6 Å². The van der Waals surface area contributed by atoms with Crippen LogP contribution in [0.5, 0.6) is 0 Å². The number of sulfone groups is 1. The summed E-state index contributed by atoms with van der Waals surface area (Å²) in [6.45, 7) is 1.53. The number of pyridine rings is 1. The number of carbonyl (C=O) groups is 2. The molecule has 1 aliphatic rings. The molecule has 0 bridgehead atoms. The van der Waals surface area contributed by atoms with Crippen LogP contribution in [0, 0.1) is 5.92 Å². The Bertz CT molecular complexity index is 969. The molecular formula is C17H23N5O4S. The Morgan fingerprint density at radius 3 is 2.85 bits per heavy atom. The van der Waals surface area contributed by atoms with E-state index in [9.17, 15) is 18.0 Å². The van der Waals surface area contributed by atoms with Crippen LogP contribution >= 0.6 is 0 Å². The Morgan fingerprint density at radius 2 is 2.15 bits per heavy atom. The van der Waals surface area contributed by atoms with Gasteiger partial charge in [-0.15, -0.1) is 0 Å². The van der Waals surface area contributed by atoms with Crippen molar-refractivity contribution in [3.8, 4) is 0 Å². The maximum atomic E-state index is 13.0. The Kier molecular flexibility index (Phi) is 5.47. The molecule has 2 aromatic heterocycles. The monoisotopic (exact) mass is 393 g/mol. The highest BCUT2D eigenvalue weighted by Crippen LogP contribution is 2.22. The number of hydrogen-bond acceptors (Lipinski definition) is 6. The first-order valence-electron chi connectivity index (χ1n) is 8.77. The first kappa shape index (κ1) is 19.3. The van der Waals surface area contributed by atoms with Crippen LogP contribution in [0.2, 0.25) is 0 Å². The Morgan fingerprint density at radius 1 is 1.37 bits per heavy atom. The fourth-order valence-electron chi connectivity index (χ4n) is 3.29. The summed E-state index contributed by atoms with van der Waals surface area (Å²) in [5.74, 6) is -0.799. The molecule has 0 aromatic carbocycles. The Balaban J connectivity index is 1.89. The number of likely N-dealkylation sites (tertiary alicyclic amines) is 1. The van der Waals surface area contributed by atoms with Crippen LogP contribution in [-0.2, 0) is 14.6 Å². The van der Waals surface area contributed by atoms with Crippen molar-refractivity contribution in [1.29, 1.82) is 0 Å². The lowest BCUT2D eigenvalue weighted by atomic mass is 9.97. The van der Waals surface area contributed by atoms with Gasteiger partial charge in [0.05, 0.1) is 11.4 Å². The van der Waals surface area contributed by atoms with Crippen LogP contribution in [0.25, 0.3) is 5.52 Å². The van der Waals surface area contributed by atoms with Crippen LogP contribution in [0.4, 0.5) is 0 Å². The molecule has 27 heavy (non-hydrogen) atoms. The molecule has 3 N–H and O–H groups in total. The third kappa shape index (κ3) is 3.96. The minimum Gasteiger partial charge on any atom is -0.355 e. The quantitative estimate of drug-likeness (QED) is 0.716. The molecule has 3 heterocycles. The average molecular weight is 393 g/mol. The van der Waals surface area contributed by atoms with Gasteiger partial charge in [-0.05, 0) is 25.0 Å². The molecule has 0 aliphatic carbocycles. The summed E-state index contributed by atoms with van der Waals surface area (Å²) in [5, 5.41) is 2.58. The number of rotatable bonds is 5. The molecule has 2 amide bonds. The second-order valence-electron chi connectivity index (χ2n) is 6.64. The lowest BCUT2D eigenvalue weighted by Gasteiger charge is -2.31. The predicted molar refractivity (Wildman–Crippen MR) is 99.0 cm³/mol. The number of carbonyl (C=O) groups excluding carboxylic acids is 2. The van der Waals surface area contributed by atoms with E-state index in [-0.39, 0.29) is 35.1 Å². The van der Waals surface area contributed by atoms with Crippen LogP contribution in [0.1, 0.15) is 23.3 Å². The number of fused-ring (bicyclic) bond motifs is 1. The molecule has 1 saturated heterocycles. The SMILES string of the molecule is CS(=O)(=O)c1nc(C(=O)N2CCCC(C(=O)NCCN)C2)c2ccccn12. The van der Waals surface area contributed by atoms with Gasteiger partial charge in [-0.1, -0.05) is 6.07 Å². The smallest absolute Gasteiger partial charge is 0.274 e. The zero-order valence-corrected chi connectivity index (χ0v) is 15.9. The molecule has 1 atom stereocenters. The fraction of sp³-hybridized carbons (Fsp3) is 0.471. The predicted octanol–water partition coefficient (Wildman–Crippen LogP) is -0.335. The standard InChI is InChI=1S/C17H23N5O4S/c1-27(25,26)17-20-14(13-6-2-3-10-22(13)17)16(24)21-9-4-5-12(11-21)15(23)19-8-7-18/h2-3,6,10,12H,4-5,7-9,11,18H2,1H3,(H,19,23). The maximum Gasteiger partial charge on any atom is 0.274 e. The van der Waals surface area contributed by atoms with E-state index in [1.165, 1.54) is 4.40 Å². The van der Waals surface area contributed by atoms with Crippen molar-refractivity contribution in [2.75, 3.05) is 32.4 Å². The van der Waals surface area contributed by atoms with Crippen LogP contribution in [0.15, 0.2) is 29.6 Å². The zero-order chi connectivity index (χ0) is 19.6. The molecule has 0 saturated carbocycles. The van der Waals surface area contributed by atoms with Gasteiger partial charge < -0.3 is 16.0 Å². The number of piperidine rings is 1. The van der Waals surface area contributed by atoms with Gasteiger partial charge in [0.2, 0.25) is 20.9 Å². The van der Waals surface area contributed by atoms with E-state index < -0.39 is 9.84 Å². The van der Waals surface area contributed by atoms with E-state index in [0.717, 1.165) is 6.26 Å². The molecule has 146 valence electrons. The molecule has 10 heteroatoms. The number of nitrogens with two attached hydrogens (primary N) is 1. The van der Waals surface area contributed by atoms with Gasteiger partial charge in [-0.3, -0.25) is 14.0 Å². The van der Waals surface area contributed by atoms with E-state index in [1.807, 2.05) is 0 Å². The maximum absolute atomic E-state index is 13.0. The van der Waals surface area contributed by atoms with E-state index in [2.05, 4.69) is 10.3 Å². The minimum absolute atomic E-state index is 0.0824. The lowest BCUT2D eigenvalue weighted by Crippen LogP contribution is -2.46. The van der Waals surface area contributed by atoms with Gasteiger partial charge in [0.25, 0.3) is 5.91 Å². The summed E-state index contributed by atoms with van der Waals surface area (Å²) in [5.41, 5.74) is 5.92. The van der Waals surface area contributed by atoms with Crippen LogP contribution < -0.4 is 11.1 Å². The topological polar surface area (TPSA) is 127 Å². The van der Waals surface area contributed by atoms with Gasteiger partial charge in [0.15, 0.2) is 5.69 Å². The number of imidazole rings is 1. The molecule has 3 rings (SSSR count). The fourth-order valence-corrected chi connectivity index (χ4v) is 4.07. The highest BCUT2D eigenvalue weighted by molar-refractivity contribution is 7.90. The third-order valence-electron chi connectivity index (χ3n) is 4.57. The number of nitrogens with zero attached hydrogens (tertiary/aromatic N) is 3. The lowest BCUT2D eigenvalue weighted by molar-refractivity contribution is -0.126. The molecule has 0 spiro atoms. The summed E-state index contributed by atoms with van der Waals surface area (Å²) in [6, 6.07) is 5.06. The summed E-state index contributed by atoms with van der Waals surface area (Å²) in [7, 11) is -3.60. The second-order valence-corrected chi connectivity index (χ2v) is 8.55. The number of hydrogen-bond donors (Lipinski definition) is 2. The molecular weight excluding hydrogens is 370 g/mol. The van der Waals surface area contributed by atoms with Crippen molar-refractivity contribution in [1.82, 2.24) is 19.6 Å². The number of aromatic nitrogens is 2. The van der Waals surface area contributed by atoms with Crippen molar-refractivity contribution in [2.45, 2.75) is 18.0 Å². The molecule has 1 aliphatic heterocycles. The summed E-state index contributed by atoms with van der Waals surface area (Å²) in [4.78, 5) is 30.9. The number of amides is 2. The van der Waals surface area contributed by atoms with Gasteiger partial charge in [0.1, 0.15) is 0 Å². The molecule has 2 aromatic rings. The highest BCUT2D eigenvalue weighted by atomic mass is 32.2. The van der Waals surface area contributed by atoms with Crippen molar-refractivity contribution in [2.24, 2.45) is 11.7 Å². The van der Waals surface area contributed by atoms with E-state index in [4.69, 9.17) is 5.73 Å². The summed E-state index contributed by atoms with van der Waals surface area (Å²) < 4.78 is 25.5. The first-order valence-corrected chi connectivity index (χ1v) is 10.7. The Hall–Kier alpha value is -2.46. The molecule has 0 radical (unpaired) electrons. The molecule has 1 fully saturated rings. The van der Waals surface area contributed by atoms with Crippen molar-refractivity contribution in [3.05, 3.63) is 30.1 Å². The number of nitrogens with one attached hydrogen (secondary N) is 1. The van der Waals surface area contributed by atoms with E-state index in [1.54, 1.807) is 29.3 Å². The van der Waals surface area contributed by atoms with Crippen molar-refractivity contribution in [3.63, 3.8) is 0 Å². The molecule has 1 unspecified atom stereocenters. The third-order valence-corrected chi connectivity index (χ3v) is 5.52. The first-order chi connectivity index (χ1) is 12.8. The largest absolute Gasteiger partial charge is 0.355 e. The van der Waals surface area contributed by atoms with Crippen LogP contribution in [-0.4, -0.2) is 67.0 Å². The Labute approximate surface area is 157 Å². The summed E-state index contributed by atoms with van der Waals surface area (Å²) in [6.07, 6.45) is 4.01. The van der Waals surface area contributed by atoms with Crippen molar-refractivity contribution < 1.29 is 18.0 Å². The van der Waals surface area contributed by atoms with Gasteiger partial charge in [-0.25, -0.2) is 13.4 Å². The highest BCUT2D eigenvalue weighted by Gasteiger charge is 2.31. The molecule has 9 nitrogen and oxygen atoms in total. The second kappa shape index (κ2) is 7.65. The van der Waals surface area contributed by atoms with Crippen molar-refractivity contribution >= 4 is 27.2 Å². The average Bonchev–Trinajstić information content (AvgIpc) is 3.05. The van der Waals surface area contributed by atoms with Crippen LogP contribution in [0.3, 0.4) is 0 Å². The van der Waals surface area contributed by atoms with E-state index in [0.29, 0.717) is 38.0 Å². The normalized spacial score (nSPS) is 17.9. The van der Waals surface area contributed by atoms with Gasteiger partial charge >= 0.3 is 0 Å².